The molecule has 0 saturated heterocycles. The molecular formula is C16H18BrNO2. The van der Waals surface area contributed by atoms with E-state index in [4.69, 9.17) is 15.2 Å². The number of nitrogens with two attached hydrogens (primary N) is 1. The average molecular weight is 336 g/mol. The molecule has 0 aromatic heterocycles. The van der Waals surface area contributed by atoms with Crippen LogP contribution in [0, 0.1) is 0 Å². The quantitative estimate of drug-likeness (QED) is 0.795. The Balaban J connectivity index is 1.93. The van der Waals surface area contributed by atoms with E-state index in [0.717, 1.165) is 40.3 Å². The van der Waals surface area contributed by atoms with Crippen LogP contribution in [0.5, 0.6) is 11.5 Å². The van der Waals surface area contributed by atoms with Crippen LogP contribution in [-0.2, 0) is 6.61 Å². The molecule has 3 nitrogen and oxygen atoms in total. The zero-order valence-corrected chi connectivity index (χ0v) is 13.0. The number of nitrogen functional groups attached to an aromatic ring is 1. The Hall–Kier alpha value is -1.68. The van der Waals surface area contributed by atoms with Gasteiger partial charge in [-0.25, -0.2) is 0 Å². The molecule has 2 N–H and O–H groups in total. The number of rotatable bonds is 6. The highest BCUT2D eigenvalue weighted by Crippen LogP contribution is 2.21. The van der Waals surface area contributed by atoms with Crippen LogP contribution < -0.4 is 15.2 Å². The second-order valence-electron chi connectivity index (χ2n) is 4.50. The summed E-state index contributed by atoms with van der Waals surface area (Å²) in [4.78, 5) is 0. The number of ether oxygens (including phenoxy) is 2. The SMILES string of the molecule is CCCOc1ccc(OCc2cc(N)cc(Br)c2)cc1. The predicted octanol–water partition coefficient (Wildman–Crippen LogP) is 4.40. The summed E-state index contributed by atoms with van der Waals surface area (Å²) in [5.74, 6) is 1.68. The Kier molecular flexibility index (Phi) is 5.30. The van der Waals surface area contributed by atoms with E-state index in [-0.39, 0.29) is 0 Å². The maximum atomic E-state index is 5.79. The van der Waals surface area contributed by atoms with Gasteiger partial charge < -0.3 is 15.2 Å². The highest BCUT2D eigenvalue weighted by molar-refractivity contribution is 9.10. The normalized spacial score (nSPS) is 10.3. The molecule has 20 heavy (non-hydrogen) atoms. The van der Waals surface area contributed by atoms with Gasteiger partial charge in [0.15, 0.2) is 0 Å². The molecule has 4 heteroatoms. The van der Waals surface area contributed by atoms with Crippen molar-refractivity contribution in [1.82, 2.24) is 0 Å². The maximum Gasteiger partial charge on any atom is 0.120 e. The summed E-state index contributed by atoms with van der Waals surface area (Å²) in [5.41, 5.74) is 7.55. The lowest BCUT2D eigenvalue weighted by molar-refractivity contribution is 0.301. The molecule has 0 radical (unpaired) electrons. The number of benzene rings is 2. The average Bonchev–Trinajstić information content (AvgIpc) is 2.43. The van der Waals surface area contributed by atoms with E-state index in [1.807, 2.05) is 42.5 Å². The van der Waals surface area contributed by atoms with Crippen molar-refractivity contribution < 1.29 is 9.47 Å². The molecule has 0 spiro atoms. The summed E-state index contributed by atoms with van der Waals surface area (Å²) in [6.45, 7) is 3.30. The minimum absolute atomic E-state index is 0.485. The fourth-order valence-electron chi connectivity index (χ4n) is 1.78. The summed E-state index contributed by atoms with van der Waals surface area (Å²) < 4.78 is 12.2. The monoisotopic (exact) mass is 335 g/mol. The maximum absolute atomic E-state index is 5.79. The molecule has 2 aromatic carbocycles. The molecule has 2 rings (SSSR count). The first-order chi connectivity index (χ1) is 9.67. The third kappa shape index (κ3) is 4.46. The Morgan fingerprint density at radius 1 is 1.00 bits per heavy atom. The molecule has 2 aromatic rings. The molecule has 0 saturated carbocycles. The van der Waals surface area contributed by atoms with Gasteiger partial charge in [0.25, 0.3) is 0 Å². The molecule has 0 atom stereocenters. The van der Waals surface area contributed by atoms with Gasteiger partial charge in [0.05, 0.1) is 6.61 Å². The van der Waals surface area contributed by atoms with Gasteiger partial charge in [-0.15, -0.1) is 0 Å². The van der Waals surface area contributed by atoms with Crippen molar-refractivity contribution in [1.29, 1.82) is 0 Å². The first-order valence-corrected chi connectivity index (χ1v) is 7.37. The van der Waals surface area contributed by atoms with Gasteiger partial charge in [-0.3, -0.25) is 0 Å². The van der Waals surface area contributed by atoms with E-state index < -0.39 is 0 Å². The molecule has 0 aliphatic heterocycles. The Morgan fingerprint density at radius 3 is 2.25 bits per heavy atom. The number of anilines is 1. The fourth-order valence-corrected chi connectivity index (χ4v) is 2.34. The first kappa shape index (κ1) is 14.7. The van der Waals surface area contributed by atoms with Gasteiger partial charge in [0.2, 0.25) is 0 Å². The lowest BCUT2D eigenvalue weighted by Gasteiger charge is -2.09. The molecule has 0 fully saturated rings. The number of hydrogen-bond acceptors (Lipinski definition) is 3. The van der Waals surface area contributed by atoms with Crippen molar-refractivity contribution in [3.63, 3.8) is 0 Å². The molecule has 0 unspecified atom stereocenters. The summed E-state index contributed by atoms with van der Waals surface area (Å²) in [7, 11) is 0. The van der Waals surface area contributed by atoms with E-state index in [2.05, 4.69) is 22.9 Å². The second kappa shape index (κ2) is 7.20. The minimum atomic E-state index is 0.485. The molecule has 0 amide bonds. The van der Waals surface area contributed by atoms with Gasteiger partial charge in [0, 0.05) is 10.2 Å². The molecule has 106 valence electrons. The van der Waals surface area contributed by atoms with Crippen molar-refractivity contribution >= 4 is 21.6 Å². The number of halogens is 1. The van der Waals surface area contributed by atoms with Crippen molar-refractivity contribution in [2.45, 2.75) is 20.0 Å². The van der Waals surface area contributed by atoms with Crippen LogP contribution in [0.2, 0.25) is 0 Å². The van der Waals surface area contributed by atoms with Gasteiger partial charge in [-0.05, 0) is 54.4 Å². The first-order valence-electron chi connectivity index (χ1n) is 6.58. The van der Waals surface area contributed by atoms with Crippen molar-refractivity contribution in [3.8, 4) is 11.5 Å². The minimum Gasteiger partial charge on any atom is -0.494 e. The Labute approximate surface area is 127 Å². The lowest BCUT2D eigenvalue weighted by atomic mass is 10.2. The fraction of sp³-hybridized carbons (Fsp3) is 0.250. The zero-order chi connectivity index (χ0) is 14.4. The largest absolute Gasteiger partial charge is 0.494 e. The topological polar surface area (TPSA) is 44.5 Å². The second-order valence-corrected chi connectivity index (χ2v) is 5.42. The van der Waals surface area contributed by atoms with Crippen molar-refractivity contribution in [2.24, 2.45) is 0 Å². The molecule has 0 aliphatic rings. The van der Waals surface area contributed by atoms with E-state index in [1.165, 1.54) is 0 Å². The van der Waals surface area contributed by atoms with Crippen LogP contribution >= 0.6 is 15.9 Å². The van der Waals surface area contributed by atoms with Crippen LogP contribution in [0.1, 0.15) is 18.9 Å². The predicted molar refractivity (Wildman–Crippen MR) is 85.1 cm³/mol. The lowest BCUT2D eigenvalue weighted by Crippen LogP contribution is -1.98. The van der Waals surface area contributed by atoms with Crippen molar-refractivity contribution in [2.75, 3.05) is 12.3 Å². The zero-order valence-electron chi connectivity index (χ0n) is 11.4. The van der Waals surface area contributed by atoms with Crippen LogP contribution in [0.25, 0.3) is 0 Å². The summed E-state index contributed by atoms with van der Waals surface area (Å²) in [6.07, 6.45) is 1.00. The third-order valence-electron chi connectivity index (χ3n) is 2.68. The number of hydrogen-bond donors (Lipinski definition) is 1. The highest BCUT2D eigenvalue weighted by Gasteiger charge is 2.00. The van der Waals surface area contributed by atoms with E-state index >= 15 is 0 Å². The van der Waals surface area contributed by atoms with Crippen LogP contribution in [-0.4, -0.2) is 6.61 Å². The van der Waals surface area contributed by atoms with Crippen LogP contribution in [0.4, 0.5) is 5.69 Å². The van der Waals surface area contributed by atoms with Gasteiger partial charge >= 0.3 is 0 Å². The summed E-state index contributed by atoms with van der Waals surface area (Å²) in [5, 5.41) is 0. The Morgan fingerprint density at radius 2 is 1.65 bits per heavy atom. The summed E-state index contributed by atoms with van der Waals surface area (Å²) in [6, 6.07) is 13.4. The van der Waals surface area contributed by atoms with Gasteiger partial charge in [-0.1, -0.05) is 22.9 Å². The molecular weight excluding hydrogens is 318 g/mol. The third-order valence-corrected chi connectivity index (χ3v) is 3.14. The van der Waals surface area contributed by atoms with Gasteiger partial charge in [-0.2, -0.15) is 0 Å². The molecule has 0 heterocycles. The van der Waals surface area contributed by atoms with Crippen LogP contribution in [0.3, 0.4) is 0 Å². The Bertz CT molecular complexity index is 535. The highest BCUT2D eigenvalue weighted by atomic mass is 79.9. The van der Waals surface area contributed by atoms with Crippen molar-refractivity contribution in [3.05, 3.63) is 52.5 Å². The standard InChI is InChI=1S/C16H18BrNO2/c1-2-7-19-15-3-5-16(6-4-15)20-11-12-8-13(17)10-14(18)9-12/h3-6,8-10H,2,7,11,18H2,1H3. The van der Waals surface area contributed by atoms with Gasteiger partial charge in [0.1, 0.15) is 18.1 Å². The van der Waals surface area contributed by atoms with E-state index in [1.54, 1.807) is 0 Å². The molecule has 0 bridgehead atoms. The molecule has 0 aliphatic carbocycles. The van der Waals surface area contributed by atoms with E-state index in [0.29, 0.717) is 6.61 Å². The smallest absolute Gasteiger partial charge is 0.120 e. The summed E-state index contributed by atoms with van der Waals surface area (Å²) >= 11 is 3.42. The van der Waals surface area contributed by atoms with Crippen LogP contribution in [0.15, 0.2) is 46.9 Å². The van der Waals surface area contributed by atoms with E-state index in [9.17, 15) is 0 Å².